The van der Waals surface area contributed by atoms with Crippen molar-refractivity contribution in [3.8, 4) is 5.75 Å². The van der Waals surface area contributed by atoms with Gasteiger partial charge >= 0.3 is 0 Å². The van der Waals surface area contributed by atoms with E-state index in [4.69, 9.17) is 10.5 Å². The highest BCUT2D eigenvalue weighted by atomic mass is 16.5. The molecule has 0 bridgehead atoms. The molecule has 88 valence electrons. The average Bonchev–Trinajstić information content (AvgIpc) is 2.70. The molecule has 1 aromatic carbocycles. The standard InChI is InChI=1S/C13H20N2O/c1-10-11(9-14)7-8-15(10)12-3-5-13(16-2)6-4-12/h3-6,10-11H,7-9,14H2,1-2H3. The van der Waals surface area contributed by atoms with Crippen LogP contribution in [0.25, 0.3) is 0 Å². The molecule has 2 atom stereocenters. The lowest BCUT2D eigenvalue weighted by Crippen LogP contribution is -2.32. The molecule has 3 heteroatoms. The molecule has 1 aliphatic heterocycles. The van der Waals surface area contributed by atoms with Gasteiger partial charge in [0, 0.05) is 18.3 Å². The van der Waals surface area contributed by atoms with Crippen molar-refractivity contribution in [3.05, 3.63) is 24.3 Å². The Labute approximate surface area is 97.2 Å². The van der Waals surface area contributed by atoms with Gasteiger partial charge in [0.2, 0.25) is 0 Å². The number of nitrogens with two attached hydrogens (primary N) is 1. The van der Waals surface area contributed by atoms with Gasteiger partial charge in [0.1, 0.15) is 5.75 Å². The van der Waals surface area contributed by atoms with Gasteiger partial charge in [0.25, 0.3) is 0 Å². The van der Waals surface area contributed by atoms with Gasteiger partial charge in [-0.1, -0.05) is 0 Å². The second kappa shape index (κ2) is 4.74. The summed E-state index contributed by atoms with van der Waals surface area (Å²) in [6.07, 6.45) is 1.20. The summed E-state index contributed by atoms with van der Waals surface area (Å²) in [5.41, 5.74) is 7.03. The summed E-state index contributed by atoms with van der Waals surface area (Å²) in [5, 5.41) is 0. The van der Waals surface area contributed by atoms with E-state index in [9.17, 15) is 0 Å². The van der Waals surface area contributed by atoms with E-state index in [1.807, 2.05) is 12.1 Å². The Hall–Kier alpha value is -1.22. The zero-order valence-corrected chi connectivity index (χ0v) is 10.0. The summed E-state index contributed by atoms with van der Waals surface area (Å²) < 4.78 is 5.16. The molecule has 1 aliphatic rings. The zero-order chi connectivity index (χ0) is 11.5. The van der Waals surface area contributed by atoms with Crippen molar-refractivity contribution in [2.45, 2.75) is 19.4 Å². The van der Waals surface area contributed by atoms with E-state index in [-0.39, 0.29) is 0 Å². The Bertz CT molecular complexity index is 336. The van der Waals surface area contributed by atoms with E-state index >= 15 is 0 Å². The van der Waals surface area contributed by atoms with Crippen LogP contribution in [0, 0.1) is 5.92 Å². The average molecular weight is 220 g/mol. The molecule has 1 aromatic rings. The number of ether oxygens (including phenoxy) is 1. The summed E-state index contributed by atoms with van der Waals surface area (Å²) in [6, 6.07) is 8.80. The minimum Gasteiger partial charge on any atom is -0.497 e. The number of hydrogen-bond acceptors (Lipinski definition) is 3. The third kappa shape index (κ3) is 2.00. The third-order valence-electron chi connectivity index (χ3n) is 3.62. The van der Waals surface area contributed by atoms with Crippen LogP contribution in [0.15, 0.2) is 24.3 Å². The van der Waals surface area contributed by atoms with Crippen molar-refractivity contribution in [2.24, 2.45) is 11.7 Å². The van der Waals surface area contributed by atoms with E-state index in [0.717, 1.165) is 18.8 Å². The molecular formula is C13H20N2O. The molecule has 0 amide bonds. The molecular weight excluding hydrogens is 200 g/mol. The van der Waals surface area contributed by atoms with Crippen molar-refractivity contribution >= 4 is 5.69 Å². The van der Waals surface area contributed by atoms with E-state index in [0.29, 0.717) is 12.0 Å². The Morgan fingerprint density at radius 3 is 2.56 bits per heavy atom. The molecule has 0 radical (unpaired) electrons. The first-order valence-corrected chi connectivity index (χ1v) is 5.87. The van der Waals surface area contributed by atoms with E-state index in [2.05, 4.69) is 24.0 Å². The Morgan fingerprint density at radius 1 is 1.38 bits per heavy atom. The summed E-state index contributed by atoms with van der Waals surface area (Å²) in [7, 11) is 1.69. The number of methoxy groups -OCH3 is 1. The van der Waals surface area contributed by atoms with Crippen LogP contribution >= 0.6 is 0 Å². The summed E-state index contributed by atoms with van der Waals surface area (Å²) in [5.74, 6) is 1.54. The lowest BCUT2D eigenvalue weighted by Gasteiger charge is -2.26. The van der Waals surface area contributed by atoms with Crippen molar-refractivity contribution < 1.29 is 4.74 Å². The number of benzene rings is 1. The van der Waals surface area contributed by atoms with E-state index < -0.39 is 0 Å². The highest BCUT2D eigenvalue weighted by Gasteiger charge is 2.29. The van der Waals surface area contributed by atoms with Crippen molar-refractivity contribution in [1.29, 1.82) is 0 Å². The zero-order valence-electron chi connectivity index (χ0n) is 10.0. The largest absolute Gasteiger partial charge is 0.497 e. The fourth-order valence-corrected chi connectivity index (χ4v) is 2.46. The van der Waals surface area contributed by atoms with Crippen LogP contribution in [-0.2, 0) is 0 Å². The third-order valence-corrected chi connectivity index (χ3v) is 3.62. The SMILES string of the molecule is COc1ccc(N2CCC(CN)C2C)cc1. The van der Waals surface area contributed by atoms with Gasteiger partial charge in [-0.25, -0.2) is 0 Å². The second-order valence-corrected chi connectivity index (χ2v) is 4.42. The van der Waals surface area contributed by atoms with Gasteiger partial charge in [0.05, 0.1) is 7.11 Å². The van der Waals surface area contributed by atoms with Crippen LogP contribution in [0.2, 0.25) is 0 Å². The molecule has 1 saturated heterocycles. The molecule has 2 unspecified atom stereocenters. The highest BCUT2D eigenvalue weighted by molar-refractivity contribution is 5.50. The maximum atomic E-state index is 5.76. The Balaban J connectivity index is 2.12. The second-order valence-electron chi connectivity index (χ2n) is 4.42. The smallest absolute Gasteiger partial charge is 0.119 e. The predicted molar refractivity (Wildman–Crippen MR) is 67.0 cm³/mol. The lowest BCUT2D eigenvalue weighted by molar-refractivity contribution is 0.414. The normalized spacial score (nSPS) is 24.8. The van der Waals surface area contributed by atoms with Gasteiger partial charge in [-0.15, -0.1) is 0 Å². The summed E-state index contributed by atoms with van der Waals surface area (Å²) >= 11 is 0. The molecule has 1 heterocycles. The molecule has 1 fully saturated rings. The van der Waals surface area contributed by atoms with Crippen LogP contribution in [0.4, 0.5) is 5.69 Å². The molecule has 0 aromatic heterocycles. The molecule has 16 heavy (non-hydrogen) atoms. The van der Waals surface area contributed by atoms with Crippen LogP contribution in [-0.4, -0.2) is 26.2 Å². The maximum Gasteiger partial charge on any atom is 0.119 e. The van der Waals surface area contributed by atoms with Gasteiger partial charge in [-0.05, 0) is 50.1 Å². The maximum absolute atomic E-state index is 5.76. The van der Waals surface area contributed by atoms with Gasteiger partial charge < -0.3 is 15.4 Å². The van der Waals surface area contributed by atoms with Crippen LogP contribution in [0.3, 0.4) is 0 Å². The summed E-state index contributed by atoms with van der Waals surface area (Å²) in [6.45, 7) is 4.15. The number of nitrogens with zero attached hydrogens (tertiary/aromatic N) is 1. The van der Waals surface area contributed by atoms with Crippen molar-refractivity contribution in [3.63, 3.8) is 0 Å². The Kier molecular flexibility index (Phi) is 3.34. The van der Waals surface area contributed by atoms with Crippen molar-refractivity contribution in [2.75, 3.05) is 25.1 Å². The van der Waals surface area contributed by atoms with Gasteiger partial charge in [-0.3, -0.25) is 0 Å². The van der Waals surface area contributed by atoms with Gasteiger partial charge in [0.15, 0.2) is 0 Å². The number of anilines is 1. The van der Waals surface area contributed by atoms with Crippen LogP contribution in [0.1, 0.15) is 13.3 Å². The quantitative estimate of drug-likeness (QED) is 0.845. The first-order chi connectivity index (χ1) is 7.76. The van der Waals surface area contributed by atoms with Crippen LogP contribution in [0.5, 0.6) is 5.75 Å². The lowest BCUT2D eigenvalue weighted by atomic mass is 10.0. The van der Waals surface area contributed by atoms with Crippen LogP contribution < -0.4 is 15.4 Å². The molecule has 0 aliphatic carbocycles. The number of hydrogen-bond donors (Lipinski definition) is 1. The molecule has 3 nitrogen and oxygen atoms in total. The minimum atomic E-state index is 0.540. The fourth-order valence-electron chi connectivity index (χ4n) is 2.46. The fraction of sp³-hybridized carbons (Fsp3) is 0.538. The minimum absolute atomic E-state index is 0.540. The predicted octanol–water partition coefficient (Wildman–Crippen LogP) is 1.87. The topological polar surface area (TPSA) is 38.5 Å². The molecule has 0 spiro atoms. The first-order valence-electron chi connectivity index (χ1n) is 5.87. The summed E-state index contributed by atoms with van der Waals surface area (Å²) in [4.78, 5) is 2.43. The monoisotopic (exact) mass is 220 g/mol. The highest BCUT2D eigenvalue weighted by Crippen LogP contribution is 2.30. The first kappa shape index (κ1) is 11.3. The molecule has 2 rings (SSSR count). The molecule has 2 N–H and O–H groups in total. The molecule has 0 saturated carbocycles. The van der Waals surface area contributed by atoms with E-state index in [1.54, 1.807) is 7.11 Å². The van der Waals surface area contributed by atoms with E-state index in [1.165, 1.54) is 12.1 Å². The van der Waals surface area contributed by atoms with Gasteiger partial charge in [-0.2, -0.15) is 0 Å². The van der Waals surface area contributed by atoms with Crippen molar-refractivity contribution in [1.82, 2.24) is 0 Å². The number of rotatable bonds is 3. The Morgan fingerprint density at radius 2 is 2.06 bits per heavy atom.